The molecule has 1 saturated heterocycles. The van der Waals surface area contributed by atoms with Crippen LogP contribution in [0.4, 0.5) is 24.8 Å². The number of nitrogens with one attached hydrogen (secondary N) is 1. The van der Waals surface area contributed by atoms with E-state index in [2.05, 4.69) is 15.3 Å². The molecule has 2 amide bonds. The highest BCUT2D eigenvalue weighted by Crippen LogP contribution is 2.40. The van der Waals surface area contributed by atoms with Gasteiger partial charge in [0.25, 0.3) is 11.8 Å². The molecule has 39 heavy (non-hydrogen) atoms. The van der Waals surface area contributed by atoms with Crippen molar-refractivity contribution in [3.05, 3.63) is 83.4 Å². The van der Waals surface area contributed by atoms with Crippen molar-refractivity contribution in [1.29, 1.82) is 0 Å². The molecule has 2 fully saturated rings. The second-order valence-electron chi connectivity index (χ2n) is 9.61. The van der Waals surface area contributed by atoms with Crippen molar-refractivity contribution in [1.82, 2.24) is 15.3 Å². The summed E-state index contributed by atoms with van der Waals surface area (Å²) in [5.74, 6) is -4.83. The average molecular weight is 560 g/mol. The van der Waals surface area contributed by atoms with E-state index in [0.717, 1.165) is 11.0 Å². The van der Waals surface area contributed by atoms with Gasteiger partial charge in [-0.25, -0.2) is 23.1 Å². The van der Waals surface area contributed by atoms with Gasteiger partial charge in [-0.3, -0.25) is 14.5 Å². The van der Waals surface area contributed by atoms with Gasteiger partial charge in [-0.2, -0.15) is 0 Å². The highest BCUT2D eigenvalue weighted by molar-refractivity contribution is 6.31. The maximum absolute atomic E-state index is 14.5. The number of benzene rings is 2. The van der Waals surface area contributed by atoms with Crippen LogP contribution in [-0.2, 0) is 9.59 Å². The predicted molar refractivity (Wildman–Crippen MR) is 138 cm³/mol. The van der Waals surface area contributed by atoms with Gasteiger partial charge in [-0.05, 0) is 43.2 Å². The SMILES string of the molecule is O=C(NC1CC(F)(F)C1)[C@H](c1ccccc1Cl)N(C(=O)[C@@H]1CCC(O)N1c1ncccn1)c1cccc(F)c1. The Morgan fingerprint density at radius 2 is 1.79 bits per heavy atom. The van der Waals surface area contributed by atoms with E-state index >= 15 is 0 Å². The Hall–Kier alpha value is -3.70. The Labute approximate surface area is 227 Å². The Morgan fingerprint density at radius 1 is 1.08 bits per heavy atom. The molecule has 0 radical (unpaired) electrons. The highest BCUT2D eigenvalue weighted by atomic mass is 35.5. The maximum Gasteiger partial charge on any atom is 0.252 e. The fourth-order valence-electron chi connectivity index (χ4n) is 5.06. The van der Waals surface area contributed by atoms with Crippen LogP contribution in [0, 0.1) is 5.82 Å². The first-order valence-corrected chi connectivity index (χ1v) is 12.8. The number of hydrogen-bond donors (Lipinski definition) is 2. The van der Waals surface area contributed by atoms with E-state index in [0.29, 0.717) is 0 Å². The quantitative estimate of drug-likeness (QED) is 0.449. The van der Waals surface area contributed by atoms with Crippen LogP contribution in [0.2, 0.25) is 5.02 Å². The number of anilines is 2. The first-order chi connectivity index (χ1) is 18.6. The first-order valence-electron chi connectivity index (χ1n) is 12.4. The van der Waals surface area contributed by atoms with Crippen molar-refractivity contribution in [2.75, 3.05) is 9.80 Å². The summed E-state index contributed by atoms with van der Waals surface area (Å²) in [6, 6.07) is 9.82. The maximum atomic E-state index is 14.5. The van der Waals surface area contributed by atoms with Gasteiger partial charge in [0.05, 0.1) is 0 Å². The van der Waals surface area contributed by atoms with Crippen molar-refractivity contribution in [2.45, 2.75) is 56.0 Å². The van der Waals surface area contributed by atoms with E-state index in [4.69, 9.17) is 11.6 Å². The fourth-order valence-corrected chi connectivity index (χ4v) is 5.30. The molecule has 1 aliphatic heterocycles. The average Bonchev–Trinajstić information content (AvgIpc) is 3.28. The lowest BCUT2D eigenvalue weighted by atomic mass is 9.87. The number of nitrogens with zero attached hydrogens (tertiary/aromatic N) is 4. The van der Waals surface area contributed by atoms with Crippen LogP contribution in [-0.4, -0.2) is 51.1 Å². The molecule has 3 aromatic rings. The van der Waals surface area contributed by atoms with Crippen LogP contribution in [0.5, 0.6) is 0 Å². The van der Waals surface area contributed by atoms with Crippen LogP contribution >= 0.6 is 11.6 Å². The number of carbonyl (C=O) groups is 2. The Balaban J connectivity index is 1.59. The number of rotatable bonds is 7. The van der Waals surface area contributed by atoms with Crippen molar-refractivity contribution >= 4 is 35.1 Å². The number of hydrogen-bond acceptors (Lipinski definition) is 6. The molecule has 3 atom stereocenters. The van der Waals surface area contributed by atoms with E-state index in [1.165, 1.54) is 41.6 Å². The molecule has 0 spiro atoms. The van der Waals surface area contributed by atoms with Gasteiger partial charge in [0.2, 0.25) is 11.9 Å². The molecule has 12 heteroatoms. The normalized spacial score (nSPS) is 21.2. The minimum Gasteiger partial charge on any atom is -0.373 e. The minimum absolute atomic E-state index is 0.0503. The third-order valence-electron chi connectivity index (χ3n) is 6.89. The number of aliphatic hydroxyl groups is 1. The standard InChI is InChI=1S/C27H25ClF3N5O3/c28-20-8-2-1-7-19(20)23(24(38)34-17-14-27(30,31)15-17)35(18-6-3-5-16(29)13-18)25(39)21-9-10-22(37)36(21)26-32-11-4-12-33-26/h1-8,11-13,17,21-23,37H,9-10,14-15H2,(H,34,38)/t21-,22?,23-/m0/s1. The van der Waals surface area contributed by atoms with E-state index in [1.54, 1.807) is 24.3 Å². The molecule has 204 valence electrons. The van der Waals surface area contributed by atoms with Gasteiger partial charge < -0.3 is 15.3 Å². The van der Waals surface area contributed by atoms with E-state index < -0.39 is 60.7 Å². The number of aliphatic hydroxyl groups excluding tert-OH is 1. The Bertz CT molecular complexity index is 1360. The zero-order valence-electron chi connectivity index (χ0n) is 20.6. The summed E-state index contributed by atoms with van der Waals surface area (Å²) in [5, 5.41) is 13.5. The van der Waals surface area contributed by atoms with Gasteiger partial charge in [-0.15, -0.1) is 0 Å². The van der Waals surface area contributed by atoms with Gasteiger partial charge in [0, 0.05) is 47.6 Å². The Morgan fingerprint density at radius 3 is 2.46 bits per heavy atom. The van der Waals surface area contributed by atoms with Crippen molar-refractivity contribution in [2.24, 2.45) is 0 Å². The van der Waals surface area contributed by atoms with E-state index in [-0.39, 0.29) is 35.1 Å². The summed E-state index contributed by atoms with van der Waals surface area (Å²) in [4.78, 5) is 38.9. The zero-order chi connectivity index (χ0) is 27.7. The molecule has 2 aliphatic rings. The fraction of sp³-hybridized carbons (Fsp3) is 0.333. The highest BCUT2D eigenvalue weighted by Gasteiger charge is 2.48. The number of amides is 2. The monoisotopic (exact) mass is 559 g/mol. The lowest BCUT2D eigenvalue weighted by Crippen LogP contribution is -2.56. The molecule has 8 nitrogen and oxygen atoms in total. The summed E-state index contributed by atoms with van der Waals surface area (Å²) in [6.07, 6.45) is 1.19. The van der Waals surface area contributed by atoms with E-state index in [1.807, 2.05) is 0 Å². The summed E-state index contributed by atoms with van der Waals surface area (Å²) in [6.45, 7) is 0. The second-order valence-corrected chi connectivity index (χ2v) is 10.0. The molecular formula is C27H25ClF3N5O3. The number of alkyl halides is 2. The molecule has 1 unspecified atom stereocenters. The molecule has 2 N–H and O–H groups in total. The molecule has 1 aliphatic carbocycles. The zero-order valence-corrected chi connectivity index (χ0v) is 21.3. The number of carbonyl (C=O) groups excluding carboxylic acids is 2. The molecule has 1 aromatic heterocycles. The summed E-state index contributed by atoms with van der Waals surface area (Å²) < 4.78 is 41.6. The number of aromatic nitrogens is 2. The second kappa shape index (κ2) is 10.8. The van der Waals surface area contributed by atoms with Crippen LogP contribution < -0.4 is 15.1 Å². The predicted octanol–water partition coefficient (Wildman–Crippen LogP) is 4.24. The topological polar surface area (TPSA) is 98.7 Å². The molecule has 5 rings (SSSR count). The third-order valence-corrected chi connectivity index (χ3v) is 7.23. The van der Waals surface area contributed by atoms with Crippen LogP contribution in [0.15, 0.2) is 67.0 Å². The first kappa shape index (κ1) is 26.9. The molecular weight excluding hydrogens is 535 g/mol. The third kappa shape index (κ3) is 5.55. The largest absolute Gasteiger partial charge is 0.373 e. The van der Waals surface area contributed by atoms with Crippen LogP contribution in [0.25, 0.3) is 0 Å². The van der Waals surface area contributed by atoms with Gasteiger partial charge in [0.15, 0.2) is 0 Å². The minimum atomic E-state index is -2.88. The van der Waals surface area contributed by atoms with Gasteiger partial charge in [0.1, 0.15) is 24.1 Å². The van der Waals surface area contributed by atoms with Crippen LogP contribution in [0.3, 0.4) is 0 Å². The lowest BCUT2D eigenvalue weighted by Gasteiger charge is -2.39. The number of halogens is 4. The summed E-state index contributed by atoms with van der Waals surface area (Å²) in [7, 11) is 0. The van der Waals surface area contributed by atoms with E-state index in [9.17, 15) is 27.9 Å². The lowest BCUT2D eigenvalue weighted by molar-refractivity contribution is -0.133. The summed E-state index contributed by atoms with van der Waals surface area (Å²) in [5.41, 5.74) is 0.274. The van der Waals surface area contributed by atoms with Crippen molar-refractivity contribution in [3.8, 4) is 0 Å². The van der Waals surface area contributed by atoms with Gasteiger partial charge in [-0.1, -0.05) is 35.9 Å². The molecule has 2 heterocycles. The van der Waals surface area contributed by atoms with Crippen molar-refractivity contribution in [3.63, 3.8) is 0 Å². The van der Waals surface area contributed by atoms with Crippen LogP contribution in [0.1, 0.15) is 37.3 Å². The molecule has 0 bridgehead atoms. The van der Waals surface area contributed by atoms with Gasteiger partial charge >= 0.3 is 0 Å². The molecule has 2 aromatic carbocycles. The smallest absolute Gasteiger partial charge is 0.252 e. The molecule has 1 saturated carbocycles. The Kier molecular flexibility index (Phi) is 7.46. The summed E-state index contributed by atoms with van der Waals surface area (Å²) >= 11 is 6.49. The van der Waals surface area contributed by atoms with Crippen molar-refractivity contribution < 1.29 is 27.9 Å².